The Morgan fingerprint density at radius 1 is 1.14 bits per heavy atom. The summed E-state index contributed by atoms with van der Waals surface area (Å²) >= 11 is 5.26. The number of aromatic nitrogens is 4. The average Bonchev–Trinajstić information content (AvgIpc) is 2.94. The smallest absolute Gasteiger partial charge is 0.214 e. The number of nitrogens with zero attached hydrogens (tertiary/aromatic N) is 3. The van der Waals surface area contributed by atoms with Gasteiger partial charge in [0.25, 0.3) is 0 Å². The van der Waals surface area contributed by atoms with Crippen LogP contribution in [0.3, 0.4) is 0 Å². The second-order valence-electron chi connectivity index (χ2n) is 4.60. The highest BCUT2D eigenvalue weighted by Gasteiger charge is 2.07. The molecule has 0 bridgehead atoms. The van der Waals surface area contributed by atoms with Gasteiger partial charge in [-0.05, 0) is 29.9 Å². The van der Waals surface area contributed by atoms with Crippen LogP contribution in [0.15, 0.2) is 60.9 Å². The molecule has 0 radical (unpaired) electrons. The predicted octanol–water partition coefficient (Wildman–Crippen LogP) is 3.26. The van der Waals surface area contributed by atoms with Crippen LogP contribution in [0, 0.1) is 4.77 Å². The van der Waals surface area contributed by atoms with Gasteiger partial charge < -0.3 is 5.43 Å². The minimum Gasteiger partial charge on any atom is -0.318 e. The zero-order chi connectivity index (χ0) is 15.2. The van der Waals surface area contributed by atoms with Gasteiger partial charge in [0, 0.05) is 24.5 Å². The largest absolute Gasteiger partial charge is 0.318 e. The molecule has 22 heavy (non-hydrogen) atoms. The molecule has 0 aliphatic rings. The molecule has 2 N–H and O–H groups in total. The van der Waals surface area contributed by atoms with E-state index in [9.17, 15) is 0 Å². The zero-order valence-corrected chi connectivity index (χ0v) is 12.6. The van der Waals surface area contributed by atoms with Gasteiger partial charge in [-0.1, -0.05) is 42.5 Å². The van der Waals surface area contributed by atoms with Crippen molar-refractivity contribution in [1.29, 1.82) is 0 Å². The summed E-state index contributed by atoms with van der Waals surface area (Å²) in [4.78, 5) is 4.01. The summed E-state index contributed by atoms with van der Waals surface area (Å²) in [7, 11) is 0. The van der Waals surface area contributed by atoms with E-state index >= 15 is 0 Å². The van der Waals surface area contributed by atoms with Gasteiger partial charge in [-0.25, -0.2) is 9.77 Å². The summed E-state index contributed by atoms with van der Waals surface area (Å²) < 4.78 is 2.29. The number of H-pyrrole nitrogens is 1. The lowest BCUT2D eigenvalue weighted by Crippen LogP contribution is -2.16. The van der Waals surface area contributed by atoms with E-state index in [2.05, 4.69) is 38.8 Å². The summed E-state index contributed by atoms with van der Waals surface area (Å²) in [6.45, 7) is 0.640. The Balaban J connectivity index is 1.72. The number of pyridine rings is 1. The molecule has 6 heteroatoms. The van der Waals surface area contributed by atoms with Crippen molar-refractivity contribution in [3.63, 3.8) is 0 Å². The third-order valence-electron chi connectivity index (χ3n) is 3.09. The Hall–Kier alpha value is -2.73. The molecule has 0 atom stereocenters. The Morgan fingerprint density at radius 3 is 2.68 bits per heavy atom. The highest BCUT2D eigenvalue weighted by atomic mass is 32.1. The van der Waals surface area contributed by atoms with Crippen LogP contribution < -0.4 is 5.43 Å². The second kappa shape index (κ2) is 6.82. The Bertz CT molecular complexity index is 805. The fourth-order valence-corrected chi connectivity index (χ4v) is 2.24. The molecule has 0 saturated heterocycles. The summed E-state index contributed by atoms with van der Waals surface area (Å²) in [5.74, 6) is 0.737. The van der Waals surface area contributed by atoms with Crippen molar-refractivity contribution in [3.8, 4) is 11.4 Å². The average molecular weight is 309 g/mol. The van der Waals surface area contributed by atoms with E-state index in [1.54, 1.807) is 17.1 Å². The van der Waals surface area contributed by atoms with Crippen LogP contribution in [0.2, 0.25) is 0 Å². The molecule has 5 nitrogen and oxygen atoms in total. The van der Waals surface area contributed by atoms with E-state index in [-0.39, 0.29) is 0 Å². The van der Waals surface area contributed by atoms with E-state index in [0.717, 1.165) is 17.0 Å². The molecule has 0 aliphatic carbocycles. The lowest BCUT2D eigenvalue weighted by molar-refractivity contribution is 0.879. The van der Waals surface area contributed by atoms with Crippen molar-refractivity contribution in [2.24, 2.45) is 0 Å². The number of hydrogen-bond donors (Lipinski definition) is 2. The first-order chi connectivity index (χ1) is 10.8. The first-order valence-electron chi connectivity index (χ1n) is 6.88. The SMILES string of the molecule is S=c1[nH]nc(-c2ccncc2)n1NCC=Cc1ccccc1. The standard InChI is InChI=1S/C16H15N5S/c22-16-20-19-15(14-8-11-17-12-9-14)21(16)18-10-4-7-13-5-2-1-3-6-13/h1-9,11-12,18H,10H2,(H,20,22). The van der Waals surface area contributed by atoms with Gasteiger partial charge in [0.1, 0.15) is 0 Å². The molecule has 2 aromatic heterocycles. The van der Waals surface area contributed by atoms with Crippen LogP contribution in [0.1, 0.15) is 5.56 Å². The Labute approximate surface area is 133 Å². The molecule has 0 unspecified atom stereocenters. The lowest BCUT2D eigenvalue weighted by atomic mass is 10.2. The summed E-state index contributed by atoms with van der Waals surface area (Å²) in [5, 5.41) is 7.06. The summed E-state index contributed by atoms with van der Waals surface area (Å²) in [5.41, 5.74) is 5.35. The van der Waals surface area contributed by atoms with Crippen molar-refractivity contribution in [3.05, 3.63) is 71.3 Å². The highest BCUT2D eigenvalue weighted by Crippen LogP contribution is 2.14. The number of aromatic amines is 1. The van der Waals surface area contributed by atoms with Gasteiger partial charge in [0.2, 0.25) is 4.77 Å². The number of nitrogens with one attached hydrogen (secondary N) is 2. The fourth-order valence-electron chi connectivity index (χ4n) is 2.04. The molecule has 110 valence electrons. The van der Waals surface area contributed by atoms with Gasteiger partial charge in [-0.2, -0.15) is 5.10 Å². The van der Waals surface area contributed by atoms with Gasteiger partial charge in [-0.3, -0.25) is 4.98 Å². The Kier molecular flexibility index (Phi) is 4.41. The summed E-state index contributed by atoms with van der Waals surface area (Å²) in [6, 6.07) is 13.9. The van der Waals surface area contributed by atoms with Gasteiger partial charge >= 0.3 is 0 Å². The van der Waals surface area contributed by atoms with Crippen molar-refractivity contribution < 1.29 is 0 Å². The molecular weight excluding hydrogens is 294 g/mol. The quantitative estimate of drug-likeness (QED) is 0.710. The lowest BCUT2D eigenvalue weighted by Gasteiger charge is -2.07. The maximum Gasteiger partial charge on any atom is 0.214 e. The molecule has 0 saturated carbocycles. The van der Waals surface area contributed by atoms with Crippen molar-refractivity contribution in [1.82, 2.24) is 19.9 Å². The minimum absolute atomic E-state index is 0.528. The highest BCUT2D eigenvalue weighted by molar-refractivity contribution is 7.71. The monoisotopic (exact) mass is 309 g/mol. The van der Waals surface area contributed by atoms with Crippen molar-refractivity contribution in [2.45, 2.75) is 0 Å². The Morgan fingerprint density at radius 2 is 1.91 bits per heavy atom. The van der Waals surface area contributed by atoms with Crippen molar-refractivity contribution >= 4 is 18.3 Å². The third-order valence-corrected chi connectivity index (χ3v) is 3.36. The molecule has 1 aromatic carbocycles. The van der Waals surface area contributed by atoms with Crippen LogP contribution in [0.5, 0.6) is 0 Å². The normalized spacial score (nSPS) is 10.9. The van der Waals surface area contributed by atoms with Crippen molar-refractivity contribution in [2.75, 3.05) is 12.0 Å². The van der Waals surface area contributed by atoms with Crippen LogP contribution >= 0.6 is 12.2 Å². The molecular formula is C16H15N5S. The molecule has 0 amide bonds. The number of hydrogen-bond acceptors (Lipinski definition) is 4. The van der Waals surface area contributed by atoms with Gasteiger partial charge in [-0.15, -0.1) is 0 Å². The third kappa shape index (κ3) is 3.29. The van der Waals surface area contributed by atoms with Gasteiger partial charge in [0.15, 0.2) is 5.82 Å². The maximum atomic E-state index is 5.26. The van der Waals surface area contributed by atoms with E-state index < -0.39 is 0 Å². The predicted molar refractivity (Wildman–Crippen MR) is 90.3 cm³/mol. The molecule has 0 aliphatic heterocycles. The van der Waals surface area contributed by atoms with Crippen LogP contribution in [0.4, 0.5) is 0 Å². The molecule has 3 aromatic rings. The first kappa shape index (κ1) is 14.2. The molecule has 2 heterocycles. The minimum atomic E-state index is 0.528. The second-order valence-corrected chi connectivity index (χ2v) is 4.99. The van der Waals surface area contributed by atoms with E-state index in [1.807, 2.05) is 36.4 Å². The van der Waals surface area contributed by atoms with Gasteiger partial charge in [0.05, 0.1) is 0 Å². The molecule has 0 spiro atoms. The van der Waals surface area contributed by atoms with E-state index in [1.165, 1.54) is 0 Å². The molecule has 3 rings (SSSR count). The first-order valence-corrected chi connectivity index (χ1v) is 7.29. The maximum absolute atomic E-state index is 5.26. The van der Waals surface area contributed by atoms with E-state index in [4.69, 9.17) is 12.2 Å². The van der Waals surface area contributed by atoms with E-state index in [0.29, 0.717) is 11.3 Å². The number of benzene rings is 1. The van der Waals surface area contributed by atoms with Crippen LogP contribution in [0.25, 0.3) is 17.5 Å². The van der Waals surface area contributed by atoms with Crippen LogP contribution in [-0.2, 0) is 0 Å². The zero-order valence-electron chi connectivity index (χ0n) is 11.8. The summed E-state index contributed by atoms with van der Waals surface area (Å²) in [6.07, 6.45) is 7.56. The van der Waals surface area contributed by atoms with Crippen LogP contribution in [-0.4, -0.2) is 26.4 Å². The fraction of sp³-hybridized carbons (Fsp3) is 0.0625. The topological polar surface area (TPSA) is 58.5 Å². The number of rotatable bonds is 5. The molecule has 0 fully saturated rings.